The van der Waals surface area contributed by atoms with Crippen molar-refractivity contribution in [1.29, 1.82) is 0 Å². The Morgan fingerprint density at radius 3 is 2.80 bits per heavy atom. The number of amides is 1. The maximum atomic E-state index is 12.0. The normalized spacial score (nSPS) is 17.9. The van der Waals surface area contributed by atoms with E-state index < -0.39 is 0 Å². The van der Waals surface area contributed by atoms with Gasteiger partial charge in [0, 0.05) is 13.1 Å². The largest absolute Gasteiger partial charge is 0.484 e. The predicted molar refractivity (Wildman–Crippen MR) is 73.4 cm³/mol. The Labute approximate surface area is 118 Å². The van der Waals surface area contributed by atoms with E-state index in [0.717, 1.165) is 5.56 Å². The number of carbonyl (C=O) groups is 2. The molecule has 0 aliphatic carbocycles. The van der Waals surface area contributed by atoms with Crippen LogP contribution in [0.1, 0.15) is 12.0 Å². The van der Waals surface area contributed by atoms with Crippen LogP contribution < -0.4 is 4.74 Å². The molecule has 1 fully saturated rings. The molecule has 0 saturated carbocycles. The Hall–Kier alpha value is -2.04. The molecule has 0 spiro atoms. The van der Waals surface area contributed by atoms with E-state index in [1.807, 2.05) is 31.2 Å². The zero-order valence-electron chi connectivity index (χ0n) is 11.8. The van der Waals surface area contributed by atoms with Crippen LogP contribution in [0.2, 0.25) is 0 Å². The minimum Gasteiger partial charge on any atom is -0.484 e. The van der Waals surface area contributed by atoms with Crippen LogP contribution >= 0.6 is 0 Å². The van der Waals surface area contributed by atoms with Crippen molar-refractivity contribution in [3.8, 4) is 5.75 Å². The fourth-order valence-corrected chi connectivity index (χ4v) is 2.29. The van der Waals surface area contributed by atoms with Crippen molar-refractivity contribution in [2.75, 3.05) is 26.8 Å². The Morgan fingerprint density at radius 2 is 2.10 bits per heavy atom. The summed E-state index contributed by atoms with van der Waals surface area (Å²) < 4.78 is 10.2. The van der Waals surface area contributed by atoms with Crippen LogP contribution in [0.15, 0.2) is 24.3 Å². The van der Waals surface area contributed by atoms with Crippen LogP contribution in [0.4, 0.5) is 0 Å². The maximum Gasteiger partial charge on any atom is 0.310 e. The summed E-state index contributed by atoms with van der Waals surface area (Å²) in [5, 5.41) is 0. The van der Waals surface area contributed by atoms with E-state index in [0.29, 0.717) is 25.3 Å². The van der Waals surface area contributed by atoms with Gasteiger partial charge in [-0.25, -0.2) is 0 Å². The SMILES string of the molecule is COC(=O)C1CCN(C(=O)COc2ccccc2C)C1. The van der Waals surface area contributed by atoms with Crippen LogP contribution in [0.5, 0.6) is 5.75 Å². The Balaban J connectivity index is 1.85. The van der Waals surface area contributed by atoms with Gasteiger partial charge in [-0.05, 0) is 25.0 Å². The smallest absolute Gasteiger partial charge is 0.310 e. The molecule has 108 valence electrons. The molecule has 1 atom stereocenters. The van der Waals surface area contributed by atoms with Gasteiger partial charge in [0.05, 0.1) is 13.0 Å². The highest BCUT2D eigenvalue weighted by atomic mass is 16.5. The van der Waals surface area contributed by atoms with Crippen LogP contribution in [-0.2, 0) is 14.3 Å². The van der Waals surface area contributed by atoms with Crippen molar-refractivity contribution in [3.63, 3.8) is 0 Å². The summed E-state index contributed by atoms with van der Waals surface area (Å²) in [4.78, 5) is 25.1. The van der Waals surface area contributed by atoms with Crippen LogP contribution in [0.25, 0.3) is 0 Å². The van der Waals surface area contributed by atoms with Gasteiger partial charge in [-0.2, -0.15) is 0 Å². The van der Waals surface area contributed by atoms with Gasteiger partial charge in [-0.1, -0.05) is 18.2 Å². The van der Waals surface area contributed by atoms with Crippen molar-refractivity contribution in [3.05, 3.63) is 29.8 Å². The third-order valence-corrected chi connectivity index (χ3v) is 3.52. The first kappa shape index (κ1) is 14.4. The third-order valence-electron chi connectivity index (χ3n) is 3.52. The Morgan fingerprint density at radius 1 is 1.35 bits per heavy atom. The lowest BCUT2D eigenvalue weighted by atomic mass is 10.1. The number of para-hydroxylation sites is 1. The summed E-state index contributed by atoms with van der Waals surface area (Å²) in [6.45, 7) is 2.93. The van der Waals surface area contributed by atoms with E-state index in [-0.39, 0.29) is 24.4 Å². The molecule has 1 aromatic rings. The molecule has 1 aliphatic rings. The molecule has 5 heteroatoms. The lowest BCUT2D eigenvalue weighted by molar-refractivity contribution is -0.145. The minimum atomic E-state index is -0.250. The first-order valence-corrected chi connectivity index (χ1v) is 6.66. The summed E-state index contributed by atoms with van der Waals surface area (Å²) >= 11 is 0. The topological polar surface area (TPSA) is 55.8 Å². The van der Waals surface area contributed by atoms with Gasteiger partial charge >= 0.3 is 5.97 Å². The highest BCUT2D eigenvalue weighted by Crippen LogP contribution is 2.19. The molecule has 5 nitrogen and oxygen atoms in total. The molecule has 20 heavy (non-hydrogen) atoms. The number of ether oxygens (including phenoxy) is 2. The molecule has 0 bridgehead atoms. The number of benzene rings is 1. The monoisotopic (exact) mass is 277 g/mol. The van der Waals surface area contributed by atoms with E-state index in [1.165, 1.54) is 7.11 Å². The van der Waals surface area contributed by atoms with Gasteiger partial charge in [0.1, 0.15) is 5.75 Å². The highest BCUT2D eigenvalue weighted by molar-refractivity contribution is 5.80. The lowest BCUT2D eigenvalue weighted by Crippen LogP contribution is -2.34. The lowest BCUT2D eigenvalue weighted by Gasteiger charge is -2.17. The van der Waals surface area contributed by atoms with Crippen molar-refractivity contribution >= 4 is 11.9 Å². The van der Waals surface area contributed by atoms with Crippen molar-refractivity contribution in [2.45, 2.75) is 13.3 Å². The van der Waals surface area contributed by atoms with Crippen LogP contribution in [0.3, 0.4) is 0 Å². The molecule has 2 rings (SSSR count). The van der Waals surface area contributed by atoms with E-state index in [2.05, 4.69) is 0 Å². The second-order valence-corrected chi connectivity index (χ2v) is 4.90. The molecule has 0 aromatic heterocycles. The fourth-order valence-electron chi connectivity index (χ4n) is 2.29. The molecule has 1 heterocycles. The first-order valence-electron chi connectivity index (χ1n) is 6.66. The fraction of sp³-hybridized carbons (Fsp3) is 0.467. The minimum absolute atomic E-state index is 0.00124. The number of likely N-dealkylation sites (tertiary alicyclic amines) is 1. The number of nitrogens with zero attached hydrogens (tertiary/aromatic N) is 1. The molecule has 1 aromatic carbocycles. The number of esters is 1. The van der Waals surface area contributed by atoms with Gasteiger partial charge in [0.25, 0.3) is 5.91 Å². The standard InChI is InChI=1S/C15H19NO4/c1-11-5-3-4-6-13(11)20-10-14(17)16-8-7-12(9-16)15(18)19-2/h3-6,12H,7-10H2,1-2H3. The van der Waals surface area contributed by atoms with Crippen molar-refractivity contribution < 1.29 is 19.1 Å². The number of hydrogen-bond donors (Lipinski definition) is 0. The van der Waals surface area contributed by atoms with E-state index in [9.17, 15) is 9.59 Å². The van der Waals surface area contributed by atoms with Gasteiger partial charge in [-0.15, -0.1) is 0 Å². The summed E-state index contributed by atoms with van der Waals surface area (Å²) in [5.74, 6) is 0.159. The number of methoxy groups -OCH3 is 1. The number of hydrogen-bond acceptors (Lipinski definition) is 4. The van der Waals surface area contributed by atoms with Gasteiger partial charge in [0.15, 0.2) is 6.61 Å². The van der Waals surface area contributed by atoms with Crippen molar-refractivity contribution in [2.24, 2.45) is 5.92 Å². The first-order chi connectivity index (χ1) is 9.61. The molecule has 1 aliphatic heterocycles. The molecular formula is C15H19NO4. The summed E-state index contributed by atoms with van der Waals surface area (Å²) in [7, 11) is 1.37. The van der Waals surface area contributed by atoms with Gasteiger partial charge in [-0.3, -0.25) is 9.59 Å². The second kappa shape index (κ2) is 6.41. The molecule has 0 N–H and O–H groups in total. The summed E-state index contributed by atoms with van der Waals surface area (Å²) in [6, 6.07) is 7.56. The average molecular weight is 277 g/mol. The Kier molecular flexibility index (Phi) is 4.61. The second-order valence-electron chi connectivity index (χ2n) is 4.90. The number of aryl methyl sites for hydroxylation is 1. The van der Waals surface area contributed by atoms with E-state index >= 15 is 0 Å². The maximum absolute atomic E-state index is 12.0. The van der Waals surface area contributed by atoms with E-state index in [1.54, 1.807) is 4.90 Å². The molecule has 1 amide bonds. The molecule has 1 unspecified atom stereocenters. The number of rotatable bonds is 4. The van der Waals surface area contributed by atoms with E-state index in [4.69, 9.17) is 9.47 Å². The zero-order valence-corrected chi connectivity index (χ0v) is 11.8. The van der Waals surface area contributed by atoms with Gasteiger partial charge in [0.2, 0.25) is 0 Å². The number of carbonyl (C=O) groups excluding carboxylic acids is 2. The zero-order chi connectivity index (χ0) is 14.5. The van der Waals surface area contributed by atoms with Crippen LogP contribution in [-0.4, -0.2) is 43.6 Å². The van der Waals surface area contributed by atoms with Gasteiger partial charge < -0.3 is 14.4 Å². The van der Waals surface area contributed by atoms with Crippen molar-refractivity contribution in [1.82, 2.24) is 4.90 Å². The quantitative estimate of drug-likeness (QED) is 0.781. The van der Waals surface area contributed by atoms with Crippen LogP contribution in [0, 0.1) is 12.8 Å². The molecule has 0 radical (unpaired) electrons. The predicted octanol–water partition coefficient (Wildman–Crippen LogP) is 1.40. The third kappa shape index (κ3) is 3.29. The molecular weight excluding hydrogens is 258 g/mol. The highest BCUT2D eigenvalue weighted by Gasteiger charge is 2.31. The molecule has 1 saturated heterocycles. The summed E-state index contributed by atoms with van der Waals surface area (Å²) in [5.41, 5.74) is 0.995. The average Bonchev–Trinajstić information content (AvgIpc) is 2.95. The Bertz CT molecular complexity index is 500. The summed E-state index contributed by atoms with van der Waals surface area (Å²) in [6.07, 6.45) is 0.656.